The van der Waals surface area contributed by atoms with Crippen LogP contribution in [0.25, 0.3) is 39.0 Å². The second-order valence-electron chi connectivity index (χ2n) is 16.9. The summed E-state index contributed by atoms with van der Waals surface area (Å²) in [4.78, 5) is 15.3. The number of rotatable bonds is 29. The summed E-state index contributed by atoms with van der Waals surface area (Å²) in [5.74, 6) is 0. The average molecular weight is 862 g/mol. The molecule has 0 N–H and O–H groups in total. The highest BCUT2D eigenvalue weighted by molar-refractivity contribution is 7.30. The van der Waals surface area contributed by atoms with Crippen molar-refractivity contribution in [3.63, 3.8) is 0 Å². The highest BCUT2D eigenvalue weighted by atomic mass is 32.1. The van der Waals surface area contributed by atoms with Crippen LogP contribution in [0.3, 0.4) is 0 Å². The molecule has 5 heteroatoms. The normalized spacial score (nSPS) is 11.8. The van der Waals surface area contributed by atoms with Crippen molar-refractivity contribution < 1.29 is 0 Å². The Labute approximate surface area is 370 Å². The van der Waals surface area contributed by atoms with Crippen LogP contribution in [0, 0.1) is 13.8 Å². The zero-order chi connectivity index (χ0) is 40.4. The Bertz CT molecular complexity index is 1870. The second-order valence-corrected chi connectivity index (χ2v) is 22.5. The van der Waals surface area contributed by atoms with Gasteiger partial charge in [-0.05, 0) is 136 Å². The summed E-state index contributed by atoms with van der Waals surface area (Å²) in [7, 11) is 0. The molecule has 314 valence electrons. The molecule has 0 nitrogen and oxygen atoms in total. The summed E-state index contributed by atoms with van der Waals surface area (Å²) < 4.78 is 0. The molecule has 0 fully saturated rings. The van der Waals surface area contributed by atoms with E-state index in [0.29, 0.717) is 0 Å². The van der Waals surface area contributed by atoms with E-state index in [1.807, 2.05) is 11.3 Å². The summed E-state index contributed by atoms with van der Waals surface area (Å²) in [6.45, 7) is 16.4. The maximum absolute atomic E-state index is 2.66. The molecule has 0 radical (unpaired) electrons. The molecule has 5 aromatic heterocycles. The lowest BCUT2D eigenvalue weighted by molar-refractivity contribution is 0.666. The van der Waals surface area contributed by atoms with Gasteiger partial charge in [0.1, 0.15) is 0 Å². The van der Waals surface area contributed by atoms with Crippen LogP contribution in [0.15, 0.2) is 30.3 Å². The molecule has 5 heterocycles. The van der Waals surface area contributed by atoms with Gasteiger partial charge in [0.25, 0.3) is 0 Å². The van der Waals surface area contributed by atoms with Crippen molar-refractivity contribution in [1.82, 2.24) is 0 Å². The number of hydrogen-bond donors (Lipinski definition) is 0. The summed E-state index contributed by atoms with van der Waals surface area (Å²) in [6, 6.07) is 13.0. The molecule has 0 aliphatic heterocycles. The maximum Gasteiger partial charge on any atom is 0.0481 e. The zero-order valence-corrected chi connectivity index (χ0v) is 41.2. The van der Waals surface area contributed by atoms with Gasteiger partial charge in [0, 0.05) is 48.8 Å². The van der Waals surface area contributed by atoms with Gasteiger partial charge >= 0.3 is 0 Å². The smallest absolute Gasteiger partial charge is 0.0481 e. The van der Waals surface area contributed by atoms with Gasteiger partial charge in [-0.1, -0.05) is 131 Å². The van der Waals surface area contributed by atoms with Gasteiger partial charge in [0.15, 0.2) is 0 Å². The van der Waals surface area contributed by atoms with Gasteiger partial charge in [0.05, 0.1) is 0 Å². The van der Waals surface area contributed by atoms with Gasteiger partial charge < -0.3 is 0 Å². The fourth-order valence-electron chi connectivity index (χ4n) is 8.36. The van der Waals surface area contributed by atoms with Crippen molar-refractivity contribution >= 4 is 56.7 Å². The average Bonchev–Trinajstić information content (AvgIpc) is 4.05. The van der Waals surface area contributed by atoms with Crippen molar-refractivity contribution in [3.8, 4) is 39.0 Å². The molecule has 5 rings (SSSR count). The summed E-state index contributed by atoms with van der Waals surface area (Å²) in [5.41, 5.74) is 7.99. The topological polar surface area (TPSA) is 0 Å². The maximum atomic E-state index is 2.66. The van der Waals surface area contributed by atoms with E-state index < -0.39 is 0 Å². The van der Waals surface area contributed by atoms with Crippen LogP contribution < -0.4 is 0 Å². The first-order chi connectivity index (χ1) is 27.9. The van der Waals surface area contributed by atoms with Gasteiger partial charge in [0.2, 0.25) is 0 Å². The van der Waals surface area contributed by atoms with Crippen LogP contribution in [0.5, 0.6) is 0 Å². The van der Waals surface area contributed by atoms with E-state index in [1.54, 1.807) is 47.3 Å². The number of hydrogen-bond acceptors (Lipinski definition) is 5. The molecule has 0 unspecified atom stereocenters. The van der Waals surface area contributed by atoms with Gasteiger partial charge in [-0.25, -0.2) is 0 Å². The van der Waals surface area contributed by atoms with E-state index in [0.717, 1.165) is 0 Å². The number of thiophene rings is 5. The Morgan fingerprint density at radius 1 is 0.298 bits per heavy atom. The van der Waals surface area contributed by atoms with Crippen molar-refractivity contribution in [2.75, 3.05) is 0 Å². The van der Waals surface area contributed by atoms with Crippen LogP contribution in [-0.2, 0) is 32.1 Å². The first-order valence-corrected chi connectivity index (χ1v) is 27.6. The van der Waals surface area contributed by atoms with Gasteiger partial charge in [-0.2, -0.15) is 0 Å². The molecule has 0 amide bonds. The predicted molar refractivity (Wildman–Crippen MR) is 266 cm³/mol. The first kappa shape index (κ1) is 46.6. The molecule has 0 aromatic carbocycles. The van der Waals surface area contributed by atoms with Crippen LogP contribution >= 0.6 is 56.7 Å². The van der Waals surface area contributed by atoms with E-state index in [2.05, 4.69) is 124 Å². The third-order valence-electron chi connectivity index (χ3n) is 11.8. The number of aryl methyl sites for hydroxylation is 7. The van der Waals surface area contributed by atoms with Crippen LogP contribution in [0.2, 0.25) is 0 Å². The summed E-state index contributed by atoms with van der Waals surface area (Å²) in [6.07, 6.45) is 32.5. The fraction of sp³-hybridized carbons (Fsp3) is 0.615. The van der Waals surface area contributed by atoms with Crippen molar-refractivity contribution in [2.45, 2.75) is 209 Å². The monoisotopic (exact) mass is 860 g/mol. The standard InChI is InChI=1S/C52H76S5/c1-8-13-18-23-28-40-34-45(54-39(40)7)50-42(30-25-20-15-10-3)36-47(56-50)52-44(32-27-22-17-12-5)37-48(57-52)51-43(31-26-21-16-11-4)35-46(55-51)49-41(33-38(6)53-49)29-24-19-14-9-2/h33-37H,8-32H2,1-7H3. The minimum atomic E-state index is 1.20. The Hall–Kier alpha value is -1.50. The third kappa shape index (κ3) is 13.8. The molecule has 0 bridgehead atoms. The van der Waals surface area contributed by atoms with Crippen molar-refractivity contribution in [1.29, 1.82) is 0 Å². The molecule has 0 atom stereocenters. The van der Waals surface area contributed by atoms with E-state index in [-0.39, 0.29) is 0 Å². The van der Waals surface area contributed by atoms with E-state index >= 15 is 0 Å². The molecule has 0 saturated carbocycles. The lowest BCUT2D eigenvalue weighted by atomic mass is 10.0. The predicted octanol–water partition coefficient (Wildman–Crippen LogP) is 19.9. The van der Waals surface area contributed by atoms with Crippen LogP contribution in [-0.4, -0.2) is 0 Å². The Morgan fingerprint density at radius 2 is 0.579 bits per heavy atom. The van der Waals surface area contributed by atoms with E-state index in [9.17, 15) is 0 Å². The Balaban J connectivity index is 1.55. The third-order valence-corrected chi connectivity index (χ3v) is 18.2. The Morgan fingerprint density at radius 3 is 0.930 bits per heavy atom. The summed E-state index contributed by atoms with van der Waals surface area (Å²) >= 11 is 10.5. The van der Waals surface area contributed by atoms with Gasteiger partial charge in [-0.15, -0.1) is 56.7 Å². The second kappa shape index (κ2) is 25.3. The SMILES string of the molecule is CCCCCCc1cc(-c2sc(-c3sc(-c4sc(-c5sc(C)cc5CCCCCC)cc4CCCCCC)cc3CCCCCC)cc2CCCCCC)sc1C. The Kier molecular flexibility index (Phi) is 20.7. The largest absolute Gasteiger partial charge is 0.139 e. The molecule has 5 aromatic rings. The van der Waals surface area contributed by atoms with Crippen molar-refractivity contribution in [3.05, 3.63) is 67.9 Å². The molecule has 0 aliphatic rings. The lowest BCUT2D eigenvalue weighted by Crippen LogP contribution is -1.87. The molecular weight excluding hydrogens is 785 g/mol. The quantitative estimate of drug-likeness (QED) is 0.0420. The molecule has 0 spiro atoms. The van der Waals surface area contributed by atoms with Crippen molar-refractivity contribution in [2.24, 2.45) is 0 Å². The zero-order valence-electron chi connectivity index (χ0n) is 37.1. The molecule has 0 aliphatic carbocycles. The lowest BCUT2D eigenvalue weighted by Gasteiger charge is -2.02. The van der Waals surface area contributed by atoms with E-state index in [4.69, 9.17) is 0 Å². The fourth-order valence-corrected chi connectivity index (χ4v) is 14.7. The van der Waals surface area contributed by atoms with Crippen LogP contribution in [0.4, 0.5) is 0 Å². The minimum Gasteiger partial charge on any atom is -0.139 e. The first-order valence-electron chi connectivity index (χ1n) is 23.5. The number of unbranched alkanes of at least 4 members (excludes halogenated alkanes) is 15. The summed E-state index contributed by atoms with van der Waals surface area (Å²) in [5, 5.41) is 0. The van der Waals surface area contributed by atoms with Gasteiger partial charge in [-0.3, -0.25) is 0 Å². The van der Waals surface area contributed by atoms with E-state index in [1.165, 1.54) is 190 Å². The minimum absolute atomic E-state index is 1.20. The molecular formula is C52H76S5. The highest BCUT2D eigenvalue weighted by Crippen LogP contribution is 2.50. The molecule has 0 saturated heterocycles. The molecule has 57 heavy (non-hydrogen) atoms. The van der Waals surface area contributed by atoms with Crippen LogP contribution in [0.1, 0.15) is 201 Å². The highest BCUT2D eigenvalue weighted by Gasteiger charge is 2.23.